The molecular formula is C18H29N3O. The number of guanidine groups is 1. The molecule has 3 N–H and O–H groups in total. The minimum atomic E-state index is 0.531. The zero-order chi connectivity index (χ0) is 15.8. The second-order valence-electron chi connectivity index (χ2n) is 6.52. The zero-order valence-corrected chi connectivity index (χ0v) is 13.8. The molecule has 0 saturated heterocycles. The molecule has 4 heteroatoms. The van der Waals surface area contributed by atoms with E-state index in [1.54, 1.807) is 0 Å². The van der Waals surface area contributed by atoms with E-state index in [-0.39, 0.29) is 0 Å². The largest absolute Gasteiger partial charge is 0.493 e. The Hall–Kier alpha value is -1.71. The highest BCUT2D eigenvalue weighted by molar-refractivity contribution is 5.77. The molecule has 2 rings (SSSR count). The van der Waals surface area contributed by atoms with E-state index in [9.17, 15) is 0 Å². The topological polar surface area (TPSA) is 59.6 Å². The van der Waals surface area contributed by atoms with E-state index in [2.05, 4.69) is 24.2 Å². The first-order valence-corrected chi connectivity index (χ1v) is 8.39. The number of nitrogens with one attached hydrogen (secondary N) is 1. The van der Waals surface area contributed by atoms with Gasteiger partial charge in [-0.1, -0.05) is 38.5 Å². The van der Waals surface area contributed by atoms with Crippen molar-refractivity contribution in [1.82, 2.24) is 5.32 Å². The first kappa shape index (κ1) is 16.7. The van der Waals surface area contributed by atoms with E-state index in [1.165, 1.54) is 19.3 Å². The molecule has 0 bridgehead atoms. The SMILES string of the molecule is CC(C)CCOc1ccccc1CN=C(N)NCC1CCC1. The Kier molecular flexibility index (Phi) is 6.56. The number of nitrogens with zero attached hydrogens (tertiary/aromatic N) is 1. The van der Waals surface area contributed by atoms with E-state index in [0.29, 0.717) is 18.4 Å². The van der Waals surface area contributed by atoms with E-state index < -0.39 is 0 Å². The smallest absolute Gasteiger partial charge is 0.188 e. The molecule has 4 nitrogen and oxygen atoms in total. The number of hydrogen-bond acceptors (Lipinski definition) is 2. The van der Waals surface area contributed by atoms with Crippen molar-refractivity contribution in [2.24, 2.45) is 22.6 Å². The Morgan fingerprint density at radius 2 is 2.14 bits per heavy atom. The van der Waals surface area contributed by atoms with Crippen LogP contribution >= 0.6 is 0 Å². The summed E-state index contributed by atoms with van der Waals surface area (Å²) in [4.78, 5) is 4.43. The predicted octanol–water partition coefficient (Wildman–Crippen LogP) is 3.32. The van der Waals surface area contributed by atoms with E-state index in [0.717, 1.165) is 36.8 Å². The van der Waals surface area contributed by atoms with Gasteiger partial charge in [-0.05, 0) is 37.2 Å². The van der Waals surface area contributed by atoms with Crippen molar-refractivity contribution in [2.75, 3.05) is 13.2 Å². The molecule has 0 spiro atoms. The fourth-order valence-corrected chi connectivity index (χ4v) is 2.35. The third kappa shape index (κ3) is 5.58. The summed E-state index contributed by atoms with van der Waals surface area (Å²) in [6.07, 6.45) is 5.03. The molecule has 0 unspecified atom stereocenters. The molecule has 1 aliphatic carbocycles. The maximum Gasteiger partial charge on any atom is 0.188 e. The van der Waals surface area contributed by atoms with Crippen LogP contribution in [0.2, 0.25) is 0 Å². The van der Waals surface area contributed by atoms with Crippen LogP contribution in [0.15, 0.2) is 29.3 Å². The average Bonchev–Trinajstić information content (AvgIpc) is 2.44. The normalized spacial score (nSPS) is 15.7. The molecule has 0 heterocycles. The molecule has 1 aliphatic rings. The monoisotopic (exact) mass is 303 g/mol. The first-order chi connectivity index (χ1) is 10.6. The summed E-state index contributed by atoms with van der Waals surface area (Å²) >= 11 is 0. The lowest BCUT2D eigenvalue weighted by Gasteiger charge is -2.25. The molecule has 0 aliphatic heterocycles. The van der Waals surface area contributed by atoms with Crippen LogP contribution in [0.25, 0.3) is 0 Å². The molecule has 1 saturated carbocycles. The Balaban J connectivity index is 1.82. The van der Waals surface area contributed by atoms with Gasteiger partial charge in [-0.3, -0.25) is 0 Å². The maximum atomic E-state index is 5.94. The van der Waals surface area contributed by atoms with Gasteiger partial charge in [0.15, 0.2) is 5.96 Å². The van der Waals surface area contributed by atoms with Crippen LogP contribution in [0.5, 0.6) is 5.75 Å². The van der Waals surface area contributed by atoms with Crippen molar-refractivity contribution in [3.8, 4) is 5.75 Å². The van der Waals surface area contributed by atoms with Gasteiger partial charge in [-0.25, -0.2) is 4.99 Å². The van der Waals surface area contributed by atoms with Crippen molar-refractivity contribution in [3.63, 3.8) is 0 Å². The van der Waals surface area contributed by atoms with Crippen molar-refractivity contribution in [3.05, 3.63) is 29.8 Å². The summed E-state index contributed by atoms with van der Waals surface area (Å²) in [5.74, 6) is 2.87. The summed E-state index contributed by atoms with van der Waals surface area (Å²) in [6, 6.07) is 8.06. The number of rotatable bonds is 8. The van der Waals surface area contributed by atoms with Gasteiger partial charge < -0.3 is 15.8 Å². The second-order valence-corrected chi connectivity index (χ2v) is 6.52. The average molecular weight is 303 g/mol. The highest BCUT2D eigenvalue weighted by atomic mass is 16.5. The molecule has 22 heavy (non-hydrogen) atoms. The Bertz CT molecular complexity index is 481. The van der Waals surface area contributed by atoms with E-state index >= 15 is 0 Å². The number of benzene rings is 1. The summed E-state index contributed by atoms with van der Waals surface area (Å²) in [5.41, 5.74) is 7.02. The molecule has 0 amide bonds. The third-order valence-electron chi connectivity index (χ3n) is 4.14. The highest BCUT2D eigenvalue weighted by Gasteiger charge is 2.16. The Morgan fingerprint density at radius 3 is 2.82 bits per heavy atom. The quantitative estimate of drug-likeness (QED) is 0.572. The number of hydrogen-bond donors (Lipinski definition) is 2. The second kappa shape index (κ2) is 8.66. The van der Waals surface area contributed by atoms with Gasteiger partial charge in [0.05, 0.1) is 13.2 Å². The van der Waals surface area contributed by atoms with Gasteiger partial charge in [-0.15, -0.1) is 0 Å². The standard InChI is InChI=1S/C18H29N3O/c1-14(2)10-11-22-17-9-4-3-8-16(17)13-21-18(19)20-12-15-6-5-7-15/h3-4,8-9,14-15H,5-7,10-13H2,1-2H3,(H3,19,20,21). The van der Waals surface area contributed by atoms with E-state index in [4.69, 9.17) is 10.5 Å². The van der Waals surface area contributed by atoms with Gasteiger partial charge in [0, 0.05) is 12.1 Å². The fourth-order valence-electron chi connectivity index (χ4n) is 2.35. The third-order valence-corrected chi connectivity index (χ3v) is 4.14. The molecule has 1 aromatic carbocycles. The number of aliphatic imine (C=N–C) groups is 1. The molecule has 0 aromatic heterocycles. The lowest BCUT2D eigenvalue weighted by Crippen LogP contribution is -2.37. The van der Waals surface area contributed by atoms with Crippen LogP contribution in [0.1, 0.15) is 45.1 Å². The molecule has 0 radical (unpaired) electrons. The van der Waals surface area contributed by atoms with Gasteiger partial charge in [-0.2, -0.15) is 0 Å². The van der Waals surface area contributed by atoms with Crippen molar-refractivity contribution in [1.29, 1.82) is 0 Å². The number of ether oxygens (including phenoxy) is 1. The summed E-state index contributed by atoms with van der Waals surface area (Å²) in [7, 11) is 0. The van der Waals surface area contributed by atoms with Crippen LogP contribution in [0.3, 0.4) is 0 Å². The summed E-state index contributed by atoms with van der Waals surface area (Å²) < 4.78 is 5.87. The maximum absolute atomic E-state index is 5.94. The molecule has 1 fully saturated rings. The highest BCUT2D eigenvalue weighted by Crippen LogP contribution is 2.25. The lowest BCUT2D eigenvalue weighted by atomic mass is 9.85. The Labute approximate surface area is 134 Å². The van der Waals surface area contributed by atoms with Crippen LogP contribution in [-0.2, 0) is 6.54 Å². The molecule has 0 atom stereocenters. The minimum absolute atomic E-state index is 0.531. The molecule has 1 aromatic rings. The van der Waals surface area contributed by atoms with Crippen molar-refractivity contribution in [2.45, 2.75) is 46.1 Å². The first-order valence-electron chi connectivity index (χ1n) is 8.39. The van der Waals surface area contributed by atoms with Gasteiger partial charge in [0.25, 0.3) is 0 Å². The summed E-state index contributed by atoms with van der Waals surface area (Å²) in [5, 5.41) is 3.22. The minimum Gasteiger partial charge on any atom is -0.493 e. The molecule has 122 valence electrons. The van der Waals surface area contributed by atoms with Crippen LogP contribution in [0, 0.1) is 11.8 Å². The van der Waals surface area contributed by atoms with Gasteiger partial charge >= 0.3 is 0 Å². The van der Waals surface area contributed by atoms with Gasteiger partial charge in [0.2, 0.25) is 0 Å². The van der Waals surface area contributed by atoms with E-state index in [1.807, 2.05) is 24.3 Å². The zero-order valence-electron chi connectivity index (χ0n) is 13.8. The molecular weight excluding hydrogens is 274 g/mol. The number of nitrogens with two attached hydrogens (primary N) is 1. The van der Waals surface area contributed by atoms with Crippen molar-refractivity contribution >= 4 is 5.96 Å². The predicted molar refractivity (Wildman–Crippen MR) is 92.1 cm³/mol. The number of para-hydroxylation sites is 1. The fraction of sp³-hybridized carbons (Fsp3) is 0.611. The van der Waals surface area contributed by atoms with Crippen LogP contribution < -0.4 is 15.8 Å². The van der Waals surface area contributed by atoms with Crippen molar-refractivity contribution < 1.29 is 4.74 Å². The Morgan fingerprint density at radius 1 is 1.36 bits per heavy atom. The lowest BCUT2D eigenvalue weighted by molar-refractivity contribution is 0.287. The summed E-state index contributed by atoms with van der Waals surface area (Å²) in [6.45, 7) is 6.65. The van der Waals surface area contributed by atoms with Crippen LogP contribution in [0.4, 0.5) is 0 Å². The van der Waals surface area contributed by atoms with Gasteiger partial charge in [0.1, 0.15) is 5.75 Å². The van der Waals surface area contributed by atoms with Crippen LogP contribution in [-0.4, -0.2) is 19.1 Å².